The second-order valence-electron chi connectivity index (χ2n) is 5.47. The van der Waals surface area contributed by atoms with Crippen molar-refractivity contribution in [1.29, 1.82) is 0 Å². The SMILES string of the molecule is O=C(Cc1csc(NC(=O)Nc2ccc(Cl)cc2)n1)Nc1cccc(Br)c1. The normalized spacial score (nSPS) is 10.3. The van der Waals surface area contributed by atoms with Crippen molar-refractivity contribution < 1.29 is 9.59 Å². The molecule has 27 heavy (non-hydrogen) atoms. The van der Waals surface area contributed by atoms with Crippen LogP contribution < -0.4 is 16.0 Å². The number of carbonyl (C=O) groups excluding carboxylic acids is 2. The van der Waals surface area contributed by atoms with Gasteiger partial charge in [-0.1, -0.05) is 33.6 Å². The maximum Gasteiger partial charge on any atom is 0.325 e. The van der Waals surface area contributed by atoms with Crippen molar-refractivity contribution in [1.82, 2.24) is 4.98 Å². The van der Waals surface area contributed by atoms with Crippen molar-refractivity contribution in [2.24, 2.45) is 0 Å². The molecule has 0 fully saturated rings. The van der Waals surface area contributed by atoms with Gasteiger partial charge in [0.15, 0.2) is 5.13 Å². The number of thiazole rings is 1. The third kappa shape index (κ3) is 6.06. The number of urea groups is 1. The molecule has 0 atom stereocenters. The van der Waals surface area contributed by atoms with Crippen LogP contribution in [0.5, 0.6) is 0 Å². The van der Waals surface area contributed by atoms with Crippen LogP contribution in [0.2, 0.25) is 5.02 Å². The Morgan fingerprint density at radius 1 is 1.04 bits per heavy atom. The van der Waals surface area contributed by atoms with Crippen LogP contribution in [0, 0.1) is 0 Å². The molecular weight excluding hydrogens is 452 g/mol. The van der Waals surface area contributed by atoms with Crippen molar-refractivity contribution in [2.75, 3.05) is 16.0 Å². The number of rotatable bonds is 5. The van der Waals surface area contributed by atoms with E-state index in [0.717, 1.165) is 4.47 Å². The van der Waals surface area contributed by atoms with Gasteiger partial charge in [-0.3, -0.25) is 10.1 Å². The van der Waals surface area contributed by atoms with Crippen LogP contribution in [0.4, 0.5) is 21.3 Å². The molecule has 0 aliphatic rings. The second-order valence-corrected chi connectivity index (χ2v) is 7.68. The van der Waals surface area contributed by atoms with Gasteiger partial charge in [-0.2, -0.15) is 0 Å². The molecular formula is C18H14BrClN4O2S. The molecule has 0 spiro atoms. The summed E-state index contributed by atoms with van der Waals surface area (Å²) in [5.74, 6) is -0.185. The van der Waals surface area contributed by atoms with Gasteiger partial charge in [0.25, 0.3) is 0 Å². The second kappa shape index (κ2) is 8.98. The smallest absolute Gasteiger partial charge is 0.325 e. The lowest BCUT2D eigenvalue weighted by atomic mass is 10.3. The van der Waals surface area contributed by atoms with Gasteiger partial charge in [0.2, 0.25) is 5.91 Å². The van der Waals surface area contributed by atoms with E-state index in [-0.39, 0.29) is 12.3 Å². The van der Waals surface area contributed by atoms with Crippen molar-refractivity contribution in [3.63, 3.8) is 0 Å². The van der Waals surface area contributed by atoms with Gasteiger partial charge in [-0.15, -0.1) is 11.3 Å². The summed E-state index contributed by atoms with van der Waals surface area (Å²) < 4.78 is 0.882. The molecule has 1 heterocycles. The number of carbonyl (C=O) groups is 2. The lowest BCUT2D eigenvalue weighted by molar-refractivity contribution is -0.115. The van der Waals surface area contributed by atoms with Crippen LogP contribution in [0.3, 0.4) is 0 Å². The lowest BCUT2D eigenvalue weighted by Crippen LogP contribution is -2.19. The molecule has 0 bridgehead atoms. The summed E-state index contributed by atoms with van der Waals surface area (Å²) in [5, 5.41) is 10.9. The van der Waals surface area contributed by atoms with Gasteiger partial charge in [0.05, 0.1) is 12.1 Å². The van der Waals surface area contributed by atoms with Crippen LogP contribution >= 0.6 is 38.9 Å². The van der Waals surface area contributed by atoms with E-state index in [4.69, 9.17) is 11.6 Å². The number of hydrogen-bond donors (Lipinski definition) is 3. The average Bonchev–Trinajstić information content (AvgIpc) is 3.03. The molecule has 3 aromatic rings. The Bertz CT molecular complexity index is 962. The Morgan fingerprint density at radius 3 is 2.56 bits per heavy atom. The molecule has 0 radical (unpaired) electrons. The Hall–Kier alpha value is -2.42. The summed E-state index contributed by atoms with van der Waals surface area (Å²) in [6.07, 6.45) is 0.115. The first-order valence-electron chi connectivity index (χ1n) is 7.81. The largest absolute Gasteiger partial charge is 0.326 e. The van der Waals surface area contributed by atoms with Crippen LogP contribution in [0.1, 0.15) is 5.69 Å². The Morgan fingerprint density at radius 2 is 1.81 bits per heavy atom. The number of anilines is 3. The third-order valence-electron chi connectivity index (χ3n) is 3.32. The highest BCUT2D eigenvalue weighted by molar-refractivity contribution is 9.10. The van der Waals surface area contributed by atoms with Crippen molar-refractivity contribution in [2.45, 2.75) is 6.42 Å². The Balaban J connectivity index is 1.52. The van der Waals surface area contributed by atoms with Crippen LogP contribution in [-0.2, 0) is 11.2 Å². The number of amides is 3. The van der Waals surface area contributed by atoms with Gasteiger partial charge in [0.1, 0.15) is 0 Å². The first-order chi connectivity index (χ1) is 13.0. The van der Waals surface area contributed by atoms with Gasteiger partial charge in [-0.05, 0) is 42.5 Å². The minimum Gasteiger partial charge on any atom is -0.326 e. The molecule has 2 aromatic carbocycles. The number of benzene rings is 2. The molecule has 0 aliphatic heterocycles. The third-order valence-corrected chi connectivity index (χ3v) is 4.88. The monoisotopic (exact) mass is 464 g/mol. The van der Waals surface area contributed by atoms with E-state index >= 15 is 0 Å². The van der Waals surface area contributed by atoms with E-state index in [1.54, 1.807) is 35.7 Å². The number of nitrogens with zero attached hydrogens (tertiary/aromatic N) is 1. The van der Waals surface area contributed by atoms with Crippen LogP contribution in [-0.4, -0.2) is 16.9 Å². The predicted molar refractivity (Wildman–Crippen MR) is 113 cm³/mol. The fourth-order valence-corrected chi connectivity index (χ4v) is 3.40. The topological polar surface area (TPSA) is 83.1 Å². The minimum absolute atomic E-state index is 0.115. The van der Waals surface area contributed by atoms with Crippen molar-refractivity contribution in [3.8, 4) is 0 Å². The summed E-state index contributed by atoms with van der Waals surface area (Å²) >= 11 is 10.4. The number of halogens is 2. The zero-order chi connectivity index (χ0) is 19.2. The molecule has 1 aromatic heterocycles. The summed E-state index contributed by atoms with van der Waals surface area (Å²) in [7, 11) is 0. The lowest BCUT2D eigenvalue weighted by Gasteiger charge is -2.05. The molecule has 3 N–H and O–H groups in total. The zero-order valence-electron chi connectivity index (χ0n) is 13.8. The summed E-state index contributed by atoms with van der Waals surface area (Å²) in [6.45, 7) is 0. The van der Waals surface area contributed by atoms with Gasteiger partial charge >= 0.3 is 6.03 Å². The van der Waals surface area contributed by atoms with Gasteiger partial charge in [0, 0.05) is 26.3 Å². The Kier molecular flexibility index (Phi) is 6.44. The minimum atomic E-state index is -0.420. The molecule has 138 valence electrons. The molecule has 0 saturated carbocycles. The first kappa shape index (κ1) is 19.3. The summed E-state index contributed by atoms with van der Waals surface area (Å²) in [6, 6.07) is 13.7. The van der Waals surface area contributed by atoms with Crippen LogP contribution in [0.15, 0.2) is 58.4 Å². The van der Waals surface area contributed by atoms with E-state index in [0.29, 0.717) is 27.2 Å². The standard InChI is InChI=1S/C18H14BrClN4O2S/c19-11-2-1-3-14(8-11)21-16(25)9-15-10-27-18(23-15)24-17(26)22-13-6-4-12(20)5-7-13/h1-8,10H,9H2,(H,21,25)(H2,22,23,24,26). The first-order valence-corrected chi connectivity index (χ1v) is 9.86. The van der Waals surface area contributed by atoms with E-state index < -0.39 is 6.03 Å². The van der Waals surface area contributed by atoms with E-state index in [9.17, 15) is 9.59 Å². The highest BCUT2D eigenvalue weighted by atomic mass is 79.9. The molecule has 0 saturated heterocycles. The highest BCUT2D eigenvalue weighted by Gasteiger charge is 2.10. The molecule has 0 aliphatic carbocycles. The van der Waals surface area contributed by atoms with E-state index in [1.165, 1.54) is 11.3 Å². The Labute approximate surface area is 173 Å². The number of nitrogens with one attached hydrogen (secondary N) is 3. The van der Waals surface area contributed by atoms with Crippen molar-refractivity contribution in [3.05, 3.63) is 69.1 Å². The summed E-state index contributed by atoms with van der Waals surface area (Å²) in [5.41, 5.74) is 1.89. The van der Waals surface area contributed by atoms with Crippen molar-refractivity contribution >= 4 is 67.3 Å². The fourth-order valence-electron chi connectivity index (χ4n) is 2.17. The van der Waals surface area contributed by atoms with Gasteiger partial charge in [-0.25, -0.2) is 9.78 Å². The maximum absolute atomic E-state index is 12.1. The average molecular weight is 466 g/mol. The predicted octanol–water partition coefficient (Wildman–Crippen LogP) is 5.38. The molecule has 3 rings (SSSR count). The number of hydrogen-bond acceptors (Lipinski definition) is 4. The highest BCUT2D eigenvalue weighted by Crippen LogP contribution is 2.19. The molecule has 0 unspecified atom stereocenters. The quantitative estimate of drug-likeness (QED) is 0.473. The zero-order valence-corrected chi connectivity index (χ0v) is 17.0. The summed E-state index contributed by atoms with van der Waals surface area (Å²) in [4.78, 5) is 28.4. The number of aromatic nitrogens is 1. The fraction of sp³-hybridized carbons (Fsp3) is 0.0556. The molecule has 6 nitrogen and oxygen atoms in total. The van der Waals surface area contributed by atoms with E-state index in [1.807, 2.05) is 18.2 Å². The van der Waals surface area contributed by atoms with E-state index in [2.05, 4.69) is 36.9 Å². The molecule has 9 heteroatoms. The molecule has 3 amide bonds. The van der Waals surface area contributed by atoms with Crippen LogP contribution in [0.25, 0.3) is 0 Å². The van der Waals surface area contributed by atoms with Gasteiger partial charge < -0.3 is 10.6 Å². The maximum atomic E-state index is 12.1.